The Kier molecular flexibility index (Phi) is 5.88. The molecule has 1 aromatic carbocycles. The van der Waals surface area contributed by atoms with Gasteiger partial charge in [-0.25, -0.2) is 8.78 Å². The third-order valence-corrected chi connectivity index (χ3v) is 3.68. The number of hydrogen-bond acceptors (Lipinski definition) is 2. The van der Waals surface area contributed by atoms with Gasteiger partial charge in [-0.05, 0) is 31.4 Å². The highest BCUT2D eigenvalue weighted by atomic mass is 19.2. The van der Waals surface area contributed by atoms with Gasteiger partial charge in [0.2, 0.25) is 0 Å². The van der Waals surface area contributed by atoms with Crippen molar-refractivity contribution in [3.8, 4) is 0 Å². The van der Waals surface area contributed by atoms with Crippen molar-refractivity contribution < 1.29 is 18.6 Å². The Morgan fingerprint density at radius 3 is 2.37 bits per heavy atom. The van der Waals surface area contributed by atoms with Crippen LogP contribution < -0.4 is 0 Å². The Bertz CT molecular complexity index is 403. The van der Waals surface area contributed by atoms with Gasteiger partial charge < -0.3 is 9.84 Å². The Morgan fingerprint density at radius 2 is 1.84 bits per heavy atom. The molecule has 19 heavy (non-hydrogen) atoms. The fourth-order valence-electron chi connectivity index (χ4n) is 2.41. The average molecular weight is 272 g/mol. The molecule has 0 aliphatic carbocycles. The second-order valence-electron chi connectivity index (χ2n) is 4.64. The highest BCUT2D eigenvalue weighted by molar-refractivity contribution is 5.20. The van der Waals surface area contributed by atoms with E-state index in [0.717, 1.165) is 6.07 Å². The van der Waals surface area contributed by atoms with Crippen LogP contribution in [0.25, 0.3) is 0 Å². The van der Waals surface area contributed by atoms with E-state index in [-0.39, 0.29) is 12.0 Å². The Balaban J connectivity index is 2.93. The van der Waals surface area contributed by atoms with Crippen molar-refractivity contribution >= 4 is 0 Å². The van der Waals surface area contributed by atoms with Crippen LogP contribution >= 0.6 is 0 Å². The van der Waals surface area contributed by atoms with Crippen molar-refractivity contribution in [2.75, 3.05) is 6.61 Å². The van der Waals surface area contributed by atoms with Crippen molar-refractivity contribution in [1.29, 1.82) is 0 Å². The van der Waals surface area contributed by atoms with Gasteiger partial charge in [0.25, 0.3) is 0 Å². The molecule has 4 heteroatoms. The molecule has 0 aliphatic heterocycles. The van der Waals surface area contributed by atoms with Crippen molar-refractivity contribution in [3.63, 3.8) is 0 Å². The largest absolute Gasteiger partial charge is 0.390 e. The number of hydrogen-bond donors (Lipinski definition) is 1. The molecule has 0 heterocycles. The van der Waals surface area contributed by atoms with Crippen LogP contribution in [0.3, 0.4) is 0 Å². The lowest BCUT2D eigenvalue weighted by Gasteiger charge is -2.36. The highest BCUT2D eigenvalue weighted by Crippen LogP contribution is 2.28. The van der Waals surface area contributed by atoms with Crippen molar-refractivity contribution in [1.82, 2.24) is 0 Å². The standard InChI is InChI=1S/C15H22F2O2/c1-4-15(5-2,19-6-3)13(18)10-11-8-7-9-12(16)14(11)17/h7-9,13,18H,4-6,10H2,1-3H3. The molecule has 1 N–H and O–H groups in total. The third-order valence-electron chi connectivity index (χ3n) is 3.68. The zero-order chi connectivity index (χ0) is 14.5. The lowest BCUT2D eigenvalue weighted by Crippen LogP contribution is -2.45. The maximum Gasteiger partial charge on any atom is 0.162 e. The molecular weight excluding hydrogens is 250 g/mol. The Morgan fingerprint density at radius 1 is 1.21 bits per heavy atom. The van der Waals surface area contributed by atoms with Gasteiger partial charge >= 0.3 is 0 Å². The van der Waals surface area contributed by atoms with E-state index in [4.69, 9.17) is 4.74 Å². The number of aliphatic hydroxyl groups excluding tert-OH is 1. The summed E-state index contributed by atoms with van der Waals surface area (Å²) in [7, 11) is 0. The van der Waals surface area contributed by atoms with Gasteiger partial charge in [0.05, 0.1) is 11.7 Å². The van der Waals surface area contributed by atoms with Crippen LogP contribution in [0, 0.1) is 11.6 Å². The number of rotatable bonds is 7. The molecule has 0 saturated carbocycles. The van der Waals surface area contributed by atoms with E-state index in [1.54, 1.807) is 0 Å². The molecule has 2 nitrogen and oxygen atoms in total. The molecule has 0 amide bonds. The number of halogens is 2. The zero-order valence-electron chi connectivity index (χ0n) is 11.7. The molecular formula is C15H22F2O2. The van der Waals surface area contributed by atoms with E-state index in [1.807, 2.05) is 20.8 Å². The lowest BCUT2D eigenvalue weighted by molar-refractivity contribution is -0.124. The topological polar surface area (TPSA) is 29.5 Å². The maximum absolute atomic E-state index is 13.6. The van der Waals surface area contributed by atoms with Gasteiger partial charge in [0.1, 0.15) is 0 Å². The van der Waals surface area contributed by atoms with Gasteiger partial charge in [0.15, 0.2) is 11.6 Å². The molecule has 0 radical (unpaired) electrons. The molecule has 1 unspecified atom stereocenters. The number of ether oxygens (including phenoxy) is 1. The minimum Gasteiger partial charge on any atom is -0.390 e. The Labute approximate surface area is 113 Å². The van der Waals surface area contributed by atoms with Crippen molar-refractivity contribution in [2.24, 2.45) is 0 Å². The van der Waals surface area contributed by atoms with E-state index >= 15 is 0 Å². The van der Waals surface area contributed by atoms with E-state index in [1.165, 1.54) is 12.1 Å². The third kappa shape index (κ3) is 3.51. The fraction of sp³-hybridized carbons (Fsp3) is 0.600. The van der Waals surface area contributed by atoms with Crippen LogP contribution in [-0.2, 0) is 11.2 Å². The first-order valence-corrected chi connectivity index (χ1v) is 6.75. The molecule has 108 valence electrons. The molecule has 1 aromatic rings. The van der Waals surface area contributed by atoms with Crippen LogP contribution in [-0.4, -0.2) is 23.4 Å². The van der Waals surface area contributed by atoms with Gasteiger partial charge in [0, 0.05) is 13.0 Å². The van der Waals surface area contributed by atoms with E-state index < -0.39 is 23.3 Å². The normalized spacial score (nSPS) is 13.6. The lowest BCUT2D eigenvalue weighted by atomic mass is 9.86. The first-order chi connectivity index (χ1) is 9.00. The molecule has 0 bridgehead atoms. The molecule has 0 aliphatic rings. The van der Waals surface area contributed by atoms with Crippen LogP contribution in [0.4, 0.5) is 8.78 Å². The molecule has 0 fully saturated rings. The SMILES string of the molecule is CCOC(CC)(CC)C(O)Cc1cccc(F)c1F. The Hall–Kier alpha value is -1.00. The maximum atomic E-state index is 13.6. The summed E-state index contributed by atoms with van der Waals surface area (Å²) in [6, 6.07) is 4.00. The highest BCUT2D eigenvalue weighted by Gasteiger charge is 2.35. The van der Waals surface area contributed by atoms with Gasteiger partial charge in [-0.1, -0.05) is 26.0 Å². The number of benzene rings is 1. The van der Waals surface area contributed by atoms with Crippen LogP contribution in [0.1, 0.15) is 39.2 Å². The summed E-state index contributed by atoms with van der Waals surface area (Å²) in [5.74, 6) is -1.78. The van der Waals surface area contributed by atoms with Crippen LogP contribution in [0.15, 0.2) is 18.2 Å². The first-order valence-electron chi connectivity index (χ1n) is 6.75. The zero-order valence-corrected chi connectivity index (χ0v) is 11.7. The van der Waals surface area contributed by atoms with Crippen molar-refractivity contribution in [3.05, 3.63) is 35.4 Å². The summed E-state index contributed by atoms with van der Waals surface area (Å²) < 4.78 is 32.4. The van der Waals surface area contributed by atoms with Crippen molar-refractivity contribution in [2.45, 2.75) is 51.7 Å². The molecule has 1 rings (SSSR count). The summed E-state index contributed by atoms with van der Waals surface area (Å²) in [6.07, 6.45) is 0.426. The quantitative estimate of drug-likeness (QED) is 0.823. The van der Waals surface area contributed by atoms with Gasteiger partial charge in [-0.15, -0.1) is 0 Å². The second-order valence-corrected chi connectivity index (χ2v) is 4.64. The molecule has 0 saturated heterocycles. The predicted molar refractivity (Wildman–Crippen MR) is 71.0 cm³/mol. The molecule has 0 spiro atoms. The van der Waals surface area contributed by atoms with Crippen LogP contribution in [0.5, 0.6) is 0 Å². The second kappa shape index (κ2) is 6.96. The summed E-state index contributed by atoms with van der Waals surface area (Å²) in [5, 5.41) is 10.3. The predicted octanol–water partition coefficient (Wildman–Crippen LogP) is 3.46. The summed E-state index contributed by atoms with van der Waals surface area (Å²) in [5.41, 5.74) is -0.522. The monoisotopic (exact) mass is 272 g/mol. The van der Waals surface area contributed by atoms with Gasteiger partial charge in [-0.2, -0.15) is 0 Å². The minimum atomic E-state index is -0.890. The van der Waals surface area contributed by atoms with E-state index in [0.29, 0.717) is 19.4 Å². The van der Waals surface area contributed by atoms with Crippen LogP contribution in [0.2, 0.25) is 0 Å². The smallest absolute Gasteiger partial charge is 0.162 e. The molecule has 1 atom stereocenters. The summed E-state index contributed by atoms with van der Waals surface area (Å²) in [4.78, 5) is 0. The first kappa shape index (κ1) is 16.1. The van der Waals surface area contributed by atoms with E-state index in [2.05, 4.69) is 0 Å². The van der Waals surface area contributed by atoms with E-state index in [9.17, 15) is 13.9 Å². The molecule has 0 aromatic heterocycles. The van der Waals surface area contributed by atoms with Gasteiger partial charge in [-0.3, -0.25) is 0 Å². The number of aliphatic hydroxyl groups is 1. The minimum absolute atomic E-state index is 0.0469. The summed E-state index contributed by atoms with van der Waals surface area (Å²) in [6.45, 7) is 6.18. The summed E-state index contributed by atoms with van der Waals surface area (Å²) >= 11 is 0. The average Bonchev–Trinajstić information content (AvgIpc) is 2.41. The fourth-order valence-corrected chi connectivity index (χ4v) is 2.41.